The third-order valence-electron chi connectivity index (χ3n) is 6.36. The Morgan fingerprint density at radius 1 is 0.727 bits per heavy atom. The zero-order valence-electron chi connectivity index (χ0n) is 19.5. The quantitative estimate of drug-likeness (QED) is 0.231. The predicted molar refractivity (Wildman–Crippen MR) is 141 cm³/mol. The molecule has 0 spiro atoms. The molecular formula is C31H32ClN. The van der Waals surface area contributed by atoms with Gasteiger partial charge in [0.15, 0.2) is 0 Å². The van der Waals surface area contributed by atoms with Gasteiger partial charge in [0, 0.05) is 17.6 Å². The van der Waals surface area contributed by atoms with E-state index in [-0.39, 0.29) is 0 Å². The highest BCUT2D eigenvalue weighted by molar-refractivity contribution is 6.17. The summed E-state index contributed by atoms with van der Waals surface area (Å²) in [5.74, 6) is 1.76. The van der Waals surface area contributed by atoms with E-state index in [0.29, 0.717) is 17.7 Å². The largest absolute Gasteiger partial charge is 0.256 e. The molecule has 0 radical (unpaired) electrons. The smallest absolute Gasteiger partial charge is 0.0702 e. The van der Waals surface area contributed by atoms with Gasteiger partial charge in [-0.25, -0.2) is 0 Å². The second kappa shape index (κ2) is 11.3. The van der Waals surface area contributed by atoms with Crippen LogP contribution in [0, 0.1) is 5.92 Å². The van der Waals surface area contributed by atoms with Crippen molar-refractivity contribution in [2.45, 2.75) is 44.9 Å². The van der Waals surface area contributed by atoms with E-state index >= 15 is 0 Å². The number of rotatable bonds is 9. The molecule has 0 bridgehead atoms. The van der Waals surface area contributed by atoms with E-state index in [9.17, 15) is 0 Å². The van der Waals surface area contributed by atoms with Gasteiger partial charge in [0.05, 0.1) is 5.69 Å². The molecule has 0 aliphatic rings. The number of aromatic nitrogens is 1. The fourth-order valence-corrected chi connectivity index (χ4v) is 4.74. The molecule has 0 saturated carbocycles. The number of hydrogen-bond donors (Lipinski definition) is 0. The Hall–Kier alpha value is -2.90. The summed E-state index contributed by atoms with van der Waals surface area (Å²) >= 11 is 5.91. The molecule has 33 heavy (non-hydrogen) atoms. The fraction of sp³-hybridized carbons (Fsp3) is 0.258. The molecule has 1 nitrogen and oxygen atoms in total. The minimum Gasteiger partial charge on any atom is -0.256 e. The van der Waals surface area contributed by atoms with E-state index in [1.807, 2.05) is 18.3 Å². The summed E-state index contributed by atoms with van der Waals surface area (Å²) in [5.41, 5.74) is 8.85. The third-order valence-corrected chi connectivity index (χ3v) is 6.67. The Morgan fingerprint density at radius 2 is 1.45 bits per heavy atom. The van der Waals surface area contributed by atoms with E-state index in [2.05, 4.69) is 97.7 Å². The van der Waals surface area contributed by atoms with Crippen LogP contribution in [0.4, 0.5) is 0 Å². The zero-order chi connectivity index (χ0) is 23.0. The molecule has 0 aliphatic heterocycles. The van der Waals surface area contributed by atoms with Crippen molar-refractivity contribution in [2.24, 2.45) is 5.92 Å². The maximum absolute atomic E-state index is 5.91. The maximum Gasteiger partial charge on any atom is 0.0702 e. The lowest BCUT2D eigenvalue weighted by Gasteiger charge is -2.18. The molecule has 0 fully saturated rings. The van der Waals surface area contributed by atoms with Gasteiger partial charge in [0.25, 0.3) is 0 Å². The molecule has 3 aromatic carbocycles. The number of nitrogens with zero attached hydrogens (tertiary/aromatic N) is 1. The highest BCUT2D eigenvalue weighted by Gasteiger charge is 2.12. The molecule has 1 aromatic heterocycles. The highest BCUT2D eigenvalue weighted by Crippen LogP contribution is 2.27. The number of pyridine rings is 1. The molecule has 0 amide bonds. The monoisotopic (exact) mass is 453 g/mol. The van der Waals surface area contributed by atoms with E-state index in [0.717, 1.165) is 18.5 Å². The van der Waals surface area contributed by atoms with Crippen LogP contribution in [0.25, 0.3) is 11.3 Å². The first-order valence-corrected chi connectivity index (χ1v) is 12.4. The second-order valence-corrected chi connectivity index (χ2v) is 9.50. The Bertz CT molecular complexity index is 1130. The summed E-state index contributed by atoms with van der Waals surface area (Å²) in [7, 11) is 0. The van der Waals surface area contributed by atoms with E-state index in [4.69, 9.17) is 11.6 Å². The van der Waals surface area contributed by atoms with E-state index in [1.165, 1.54) is 39.8 Å². The second-order valence-electron chi connectivity index (χ2n) is 9.23. The van der Waals surface area contributed by atoms with Crippen LogP contribution in [0.1, 0.15) is 54.0 Å². The van der Waals surface area contributed by atoms with Crippen LogP contribution in [0.5, 0.6) is 0 Å². The lowest BCUT2D eigenvalue weighted by atomic mass is 9.87. The van der Waals surface area contributed by atoms with Gasteiger partial charge in [-0.2, -0.15) is 0 Å². The van der Waals surface area contributed by atoms with Gasteiger partial charge in [0.1, 0.15) is 0 Å². The van der Waals surface area contributed by atoms with Gasteiger partial charge < -0.3 is 0 Å². The van der Waals surface area contributed by atoms with Crippen molar-refractivity contribution in [3.05, 3.63) is 125 Å². The number of hydrogen-bond acceptors (Lipinski definition) is 1. The molecule has 4 rings (SSSR count). The third kappa shape index (κ3) is 6.55. The van der Waals surface area contributed by atoms with Crippen LogP contribution in [0.3, 0.4) is 0 Å². The Balaban J connectivity index is 1.34. The Kier molecular flexibility index (Phi) is 7.96. The first-order chi connectivity index (χ1) is 16.1. The van der Waals surface area contributed by atoms with Gasteiger partial charge in [-0.1, -0.05) is 86.6 Å². The van der Waals surface area contributed by atoms with Gasteiger partial charge >= 0.3 is 0 Å². The SMILES string of the molecule is CC(Cc1ccc(CCl)cc1)CC(C)c1ccc(Cc2cccc(-c3ccccn3)c2)cc1. The lowest BCUT2D eigenvalue weighted by molar-refractivity contribution is 0.482. The number of benzene rings is 3. The van der Waals surface area contributed by atoms with Crippen LogP contribution in [-0.2, 0) is 18.7 Å². The molecular weight excluding hydrogens is 422 g/mol. The van der Waals surface area contributed by atoms with Crippen molar-refractivity contribution < 1.29 is 0 Å². The molecule has 0 aliphatic carbocycles. The fourth-order valence-electron chi connectivity index (χ4n) is 4.56. The van der Waals surface area contributed by atoms with E-state index in [1.54, 1.807) is 0 Å². The molecule has 4 aromatic rings. The van der Waals surface area contributed by atoms with E-state index < -0.39 is 0 Å². The van der Waals surface area contributed by atoms with Crippen molar-refractivity contribution in [2.75, 3.05) is 0 Å². The normalized spacial score (nSPS) is 12.9. The average Bonchev–Trinajstić information content (AvgIpc) is 2.85. The van der Waals surface area contributed by atoms with Crippen molar-refractivity contribution in [3.8, 4) is 11.3 Å². The molecule has 2 heteroatoms. The van der Waals surface area contributed by atoms with Crippen molar-refractivity contribution in [3.63, 3.8) is 0 Å². The molecule has 168 valence electrons. The number of halogens is 1. The lowest BCUT2D eigenvalue weighted by Crippen LogP contribution is -2.05. The van der Waals surface area contributed by atoms with Crippen molar-refractivity contribution in [1.82, 2.24) is 4.98 Å². The maximum atomic E-state index is 5.91. The molecule has 0 N–H and O–H groups in total. The summed E-state index contributed by atoms with van der Waals surface area (Å²) < 4.78 is 0. The van der Waals surface area contributed by atoms with Crippen LogP contribution in [0.2, 0.25) is 0 Å². The summed E-state index contributed by atoms with van der Waals surface area (Å²) in [6.45, 7) is 4.70. The van der Waals surface area contributed by atoms with Crippen molar-refractivity contribution in [1.29, 1.82) is 0 Å². The standard InChI is InChI=1S/C31H32ClN/c1-23(19-25-9-11-27(22-32)12-10-25)18-24(2)29-15-13-26(14-16-29)20-28-6-5-7-30(21-28)31-8-3-4-17-33-31/h3-17,21,23-24H,18-20,22H2,1-2H3. The highest BCUT2D eigenvalue weighted by atomic mass is 35.5. The van der Waals surface area contributed by atoms with Crippen LogP contribution in [0.15, 0.2) is 97.2 Å². The first-order valence-electron chi connectivity index (χ1n) is 11.8. The zero-order valence-corrected chi connectivity index (χ0v) is 20.3. The van der Waals surface area contributed by atoms with Crippen molar-refractivity contribution >= 4 is 11.6 Å². The predicted octanol–water partition coefficient (Wildman–Crippen LogP) is 8.45. The van der Waals surface area contributed by atoms with Gasteiger partial charge in [-0.15, -0.1) is 11.6 Å². The number of alkyl halides is 1. The topological polar surface area (TPSA) is 12.9 Å². The Morgan fingerprint density at radius 3 is 2.15 bits per heavy atom. The molecule has 0 saturated heterocycles. The van der Waals surface area contributed by atoms with Crippen LogP contribution < -0.4 is 0 Å². The van der Waals surface area contributed by atoms with Gasteiger partial charge in [-0.05, 0) is 77.1 Å². The van der Waals surface area contributed by atoms with Gasteiger partial charge in [-0.3, -0.25) is 4.98 Å². The Labute approximate surface area is 203 Å². The minimum atomic E-state index is 0.545. The first kappa shape index (κ1) is 23.3. The van der Waals surface area contributed by atoms with Crippen LogP contribution in [-0.4, -0.2) is 4.98 Å². The average molecular weight is 454 g/mol. The molecule has 1 heterocycles. The van der Waals surface area contributed by atoms with Crippen LogP contribution >= 0.6 is 11.6 Å². The summed E-state index contributed by atoms with van der Waals surface area (Å²) in [5, 5.41) is 0. The molecule has 2 unspecified atom stereocenters. The van der Waals surface area contributed by atoms with Gasteiger partial charge in [0.2, 0.25) is 0 Å². The summed E-state index contributed by atoms with van der Waals surface area (Å²) in [4.78, 5) is 4.48. The molecule has 2 atom stereocenters. The summed E-state index contributed by atoms with van der Waals surface area (Å²) in [6, 6.07) is 32.7. The summed E-state index contributed by atoms with van der Waals surface area (Å²) in [6.07, 6.45) is 5.07. The minimum absolute atomic E-state index is 0.545.